The monoisotopic (exact) mass is 267 g/mol. The van der Waals surface area contributed by atoms with Crippen LogP contribution in [-0.2, 0) is 9.47 Å². The molecule has 0 amide bonds. The van der Waals surface area contributed by atoms with Crippen molar-refractivity contribution in [2.24, 2.45) is 0 Å². The summed E-state index contributed by atoms with van der Waals surface area (Å²) in [5, 5.41) is 8.07. The second-order valence-corrected chi connectivity index (χ2v) is 5.81. The topological polar surface area (TPSA) is 66.2 Å². The van der Waals surface area contributed by atoms with Crippen molar-refractivity contribution >= 4 is 5.97 Å². The number of hydrogen-bond donors (Lipinski definition) is 0. The van der Waals surface area contributed by atoms with Gasteiger partial charge in [-0.15, -0.1) is 5.10 Å². The zero-order chi connectivity index (χ0) is 14.0. The number of aromatic nitrogens is 3. The number of nitrogens with zero attached hydrogens (tertiary/aromatic N) is 3. The average molecular weight is 267 g/mol. The van der Waals surface area contributed by atoms with Gasteiger partial charge in [-0.2, -0.15) is 0 Å². The van der Waals surface area contributed by atoms with Crippen LogP contribution in [-0.4, -0.2) is 39.8 Å². The Kier molecular flexibility index (Phi) is 3.89. The summed E-state index contributed by atoms with van der Waals surface area (Å²) < 4.78 is 12.5. The van der Waals surface area contributed by atoms with E-state index in [-0.39, 0.29) is 6.04 Å². The molecule has 1 saturated heterocycles. The zero-order valence-corrected chi connectivity index (χ0v) is 12.0. The van der Waals surface area contributed by atoms with E-state index in [2.05, 4.69) is 10.3 Å². The highest BCUT2D eigenvalue weighted by Gasteiger charge is 2.26. The van der Waals surface area contributed by atoms with Gasteiger partial charge in [0, 0.05) is 13.2 Å². The van der Waals surface area contributed by atoms with Crippen LogP contribution in [0.25, 0.3) is 0 Å². The van der Waals surface area contributed by atoms with Crippen LogP contribution in [0.15, 0.2) is 0 Å². The normalized spacial score (nSPS) is 17.5. The lowest BCUT2D eigenvalue weighted by Crippen LogP contribution is -2.25. The van der Waals surface area contributed by atoms with E-state index in [9.17, 15) is 4.79 Å². The highest BCUT2D eigenvalue weighted by atomic mass is 16.6. The predicted molar refractivity (Wildman–Crippen MR) is 69.0 cm³/mol. The standard InChI is InChI=1S/C13H21N3O3/c1-9-11(12(17)19-13(2,3)4)14-15-16(9)10-5-7-18-8-6-10/h10H,5-8H2,1-4H3. The molecule has 0 aliphatic carbocycles. The van der Waals surface area contributed by atoms with Gasteiger partial charge in [0.1, 0.15) is 5.60 Å². The van der Waals surface area contributed by atoms with Gasteiger partial charge < -0.3 is 9.47 Å². The van der Waals surface area contributed by atoms with Gasteiger partial charge in [0.25, 0.3) is 0 Å². The van der Waals surface area contributed by atoms with Crippen LogP contribution in [0.4, 0.5) is 0 Å². The SMILES string of the molecule is Cc1c(C(=O)OC(C)(C)C)nnn1C1CCOCC1. The molecule has 0 unspecified atom stereocenters. The number of rotatable bonds is 2. The van der Waals surface area contributed by atoms with Crippen molar-refractivity contribution in [3.63, 3.8) is 0 Å². The molecule has 19 heavy (non-hydrogen) atoms. The Morgan fingerprint density at radius 2 is 2.00 bits per heavy atom. The molecule has 1 aromatic heterocycles. The summed E-state index contributed by atoms with van der Waals surface area (Å²) in [6, 6.07) is 0.262. The van der Waals surface area contributed by atoms with Crippen molar-refractivity contribution in [1.82, 2.24) is 15.0 Å². The minimum Gasteiger partial charge on any atom is -0.455 e. The van der Waals surface area contributed by atoms with E-state index >= 15 is 0 Å². The van der Waals surface area contributed by atoms with E-state index in [1.165, 1.54) is 0 Å². The summed E-state index contributed by atoms with van der Waals surface area (Å²) in [5.41, 5.74) is 0.550. The maximum absolute atomic E-state index is 12.0. The largest absolute Gasteiger partial charge is 0.455 e. The van der Waals surface area contributed by atoms with Crippen molar-refractivity contribution in [2.45, 2.75) is 52.2 Å². The van der Waals surface area contributed by atoms with Crippen LogP contribution >= 0.6 is 0 Å². The first kappa shape index (κ1) is 14.0. The first-order chi connectivity index (χ1) is 8.88. The first-order valence-corrected chi connectivity index (χ1v) is 6.61. The van der Waals surface area contributed by atoms with Gasteiger partial charge in [0.15, 0.2) is 5.69 Å². The van der Waals surface area contributed by atoms with Crippen molar-refractivity contribution in [2.75, 3.05) is 13.2 Å². The third-order valence-electron chi connectivity index (χ3n) is 3.06. The van der Waals surface area contributed by atoms with Crippen molar-refractivity contribution in [3.8, 4) is 0 Å². The second-order valence-electron chi connectivity index (χ2n) is 5.81. The Labute approximate surface area is 113 Å². The predicted octanol–water partition coefficient (Wildman–Crippen LogP) is 1.89. The summed E-state index contributed by atoms with van der Waals surface area (Å²) in [5.74, 6) is -0.414. The summed E-state index contributed by atoms with van der Waals surface area (Å²) in [4.78, 5) is 12.0. The highest BCUT2D eigenvalue weighted by Crippen LogP contribution is 2.23. The van der Waals surface area contributed by atoms with E-state index in [1.807, 2.05) is 32.4 Å². The fraction of sp³-hybridized carbons (Fsp3) is 0.769. The van der Waals surface area contributed by atoms with Crippen molar-refractivity contribution in [1.29, 1.82) is 0 Å². The first-order valence-electron chi connectivity index (χ1n) is 6.61. The molecule has 1 aliphatic rings. The van der Waals surface area contributed by atoms with Gasteiger partial charge in [0.05, 0.1) is 11.7 Å². The van der Waals surface area contributed by atoms with Gasteiger partial charge in [0.2, 0.25) is 0 Å². The fourth-order valence-electron chi connectivity index (χ4n) is 2.13. The second kappa shape index (κ2) is 5.28. The van der Waals surface area contributed by atoms with Crippen molar-refractivity contribution < 1.29 is 14.3 Å². The average Bonchev–Trinajstić information content (AvgIpc) is 2.70. The van der Waals surface area contributed by atoms with Gasteiger partial charge in [-0.1, -0.05) is 5.21 Å². The number of ether oxygens (including phenoxy) is 2. The minimum atomic E-state index is -0.522. The van der Waals surface area contributed by atoms with Crippen LogP contribution in [0.2, 0.25) is 0 Å². The van der Waals surface area contributed by atoms with Crippen LogP contribution in [0.5, 0.6) is 0 Å². The van der Waals surface area contributed by atoms with Crippen LogP contribution in [0.1, 0.15) is 55.8 Å². The lowest BCUT2D eigenvalue weighted by atomic mass is 10.1. The quantitative estimate of drug-likeness (QED) is 0.765. The smallest absolute Gasteiger partial charge is 0.361 e. The third-order valence-corrected chi connectivity index (χ3v) is 3.06. The number of carbonyl (C=O) groups is 1. The van der Waals surface area contributed by atoms with E-state index in [1.54, 1.807) is 0 Å². The minimum absolute atomic E-state index is 0.262. The Bertz CT molecular complexity index is 456. The number of carbonyl (C=O) groups excluding carboxylic acids is 1. The molecule has 0 atom stereocenters. The molecule has 0 bridgehead atoms. The van der Waals surface area contributed by atoms with Gasteiger partial charge in [-0.05, 0) is 40.5 Å². The lowest BCUT2D eigenvalue weighted by molar-refractivity contribution is 0.00618. The van der Waals surface area contributed by atoms with E-state index in [0.717, 1.165) is 31.7 Å². The highest BCUT2D eigenvalue weighted by molar-refractivity contribution is 5.88. The number of esters is 1. The van der Waals surface area contributed by atoms with Gasteiger partial charge in [-0.25, -0.2) is 9.48 Å². The third kappa shape index (κ3) is 3.32. The molecule has 0 aromatic carbocycles. The van der Waals surface area contributed by atoms with E-state index in [0.29, 0.717) is 5.69 Å². The zero-order valence-electron chi connectivity index (χ0n) is 12.0. The van der Waals surface area contributed by atoms with Crippen LogP contribution in [0, 0.1) is 6.92 Å². The molecule has 1 aliphatic heterocycles. The molecule has 0 saturated carbocycles. The maximum atomic E-state index is 12.0. The Morgan fingerprint density at radius 3 is 2.58 bits per heavy atom. The molecule has 1 aromatic rings. The molecule has 6 heteroatoms. The molecule has 0 N–H and O–H groups in total. The van der Waals surface area contributed by atoms with E-state index < -0.39 is 11.6 Å². The van der Waals surface area contributed by atoms with Crippen LogP contribution < -0.4 is 0 Å². The molecule has 1 fully saturated rings. The molecule has 0 spiro atoms. The van der Waals surface area contributed by atoms with E-state index in [4.69, 9.17) is 9.47 Å². The Balaban J connectivity index is 2.15. The molecular formula is C13H21N3O3. The summed E-state index contributed by atoms with van der Waals surface area (Å²) >= 11 is 0. The van der Waals surface area contributed by atoms with Crippen molar-refractivity contribution in [3.05, 3.63) is 11.4 Å². The lowest BCUT2D eigenvalue weighted by Gasteiger charge is -2.23. The molecular weight excluding hydrogens is 246 g/mol. The molecule has 0 radical (unpaired) electrons. The molecule has 2 rings (SSSR count). The number of hydrogen-bond acceptors (Lipinski definition) is 5. The Hall–Kier alpha value is -1.43. The summed E-state index contributed by atoms with van der Waals surface area (Å²) in [6.07, 6.45) is 1.80. The maximum Gasteiger partial charge on any atom is 0.361 e. The Morgan fingerprint density at radius 1 is 1.37 bits per heavy atom. The fourth-order valence-corrected chi connectivity index (χ4v) is 2.13. The summed E-state index contributed by atoms with van der Waals surface area (Å²) in [7, 11) is 0. The summed E-state index contributed by atoms with van der Waals surface area (Å²) in [6.45, 7) is 8.82. The molecule has 106 valence electrons. The van der Waals surface area contributed by atoms with Gasteiger partial charge in [-0.3, -0.25) is 0 Å². The van der Waals surface area contributed by atoms with Crippen LogP contribution in [0.3, 0.4) is 0 Å². The molecule has 6 nitrogen and oxygen atoms in total. The molecule has 2 heterocycles. The van der Waals surface area contributed by atoms with Gasteiger partial charge >= 0.3 is 5.97 Å².